The van der Waals surface area contributed by atoms with Crippen LogP contribution in [0.2, 0.25) is 0 Å². The van der Waals surface area contributed by atoms with Crippen molar-refractivity contribution < 1.29 is 9.59 Å². The highest BCUT2D eigenvalue weighted by Crippen LogP contribution is 2.13. The number of hydrogen-bond donors (Lipinski definition) is 2. The molecule has 0 saturated carbocycles. The quantitative estimate of drug-likeness (QED) is 0.819. The maximum Gasteiger partial charge on any atom is 0.286 e. The standard InChI is InChI=1S/C16H18BrN3O2/c1-11-4-3-5-12(8-11)6-7-15(21)18-19-16(22)14-9-13(17)10-20(14)2/h3-5,8-10H,6-7H2,1-2H3,(H,18,21)(H,19,22). The van der Waals surface area contributed by atoms with Gasteiger partial charge in [0.1, 0.15) is 5.69 Å². The number of hydrogen-bond acceptors (Lipinski definition) is 2. The van der Waals surface area contributed by atoms with Gasteiger partial charge in [-0.2, -0.15) is 0 Å². The Hall–Kier alpha value is -2.08. The lowest BCUT2D eigenvalue weighted by molar-refractivity contribution is -0.121. The van der Waals surface area contributed by atoms with Crippen molar-refractivity contribution in [2.45, 2.75) is 19.8 Å². The number of hydrazine groups is 1. The molecule has 0 spiro atoms. The number of carbonyl (C=O) groups is 2. The largest absolute Gasteiger partial charge is 0.345 e. The van der Waals surface area contributed by atoms with Gasteiger partial charge in [0, 0.05) is 24.1 Å². The second-order valence-corrected chi connectivity index (χ2v) is 6.06. The highest BCUT2D eigenvalue weighted by molar-refractivity contribution is 9.10. The van der Waals surface area contributed by atoms with E-state index in [1.54, 1.807) is 23.9 Å². The Morgan fingerprint density at radius 2 is 2.00 bits per heavy atom. The Kier molecular flexibility index (Phi) is 5.38. The molecule has 2 N–H and O–H groups in total. The van der Waals surface area contributed by atoms with E-state index in [2.05, 4.69) is 26.8 Å². The molecule has 2 rings (SSSR count). The molecule has 2 amide bonds. The molecule has 0 saturated heterocycles. The lowest BCUT2D eigenvalue weighted by Gasteiger charge is -2.08. The Balaban J connectivity index is 1.80. The van der Waals surface area contributed by atoms with Crippen molar-refractivity contribution in [2.24, 2.45) is 7.05 Å². The van der Waals surface area contributed by atoms with Crippen LogP contribution in [-0.4, -0.2) is 16.4 Å². The number of rotatable bonds is 4. The molecule has 5 nitrogen and oxygen atoms in total. The minimum Gasteiger partial charge on any atom is -0.345 e. The molecule has 0 fully saturated rings. The topological polar surface area (TPSA) is 63.1 Å². The summed E-state index contributed by atoms with van der Waals surface area (Å²) in [6, 6.07) is 9.71. The Morgan fingerprint density at radius 1 is 1.23 bits per heavy atom. The minimum atomic E-state index is -0.350. The predicted molar refractivity (Wildman–Crippen MR) is 88.2 cm³/mol. The Labute approximate surface area is 137 Å². The van der Waals surface area contributed by atoms with E-state index in [4.69, 9.17) is 0 Å². The third-order valence-corrected chi connectivity index (χ3v) is 3.68. The Bertz CT molecular complexity index is 694. The summed E-state index contributed by atoms with van der Waals surface area (Å²) in [4.78, 5) is 23.7. The molecule has 22 heavy (non-hydrogen) atoms. The van der Waals surface area contributed by atoms with Crippen molar-refractivity contribution in [1.82, 2.24) is 15.4 Å². The second kappa shape index (κ2) is 7.26. The van der Waals surface area contributed by atoms with E-state index in [0.29, 0.717) is 18.5 Å². The monoisotopic (exact) mass is 363 g/mol. The van der Waals surface area contributed by atoms with Gasteiger partial charge in [-0.25, -0.2) is 0 Å². The number of benzene rings is 1. The maximum atomic E-state index is 11.9. The summed E-state index contributed by atoms with van der Waals surface area (Å²) in [5.74, 6) is -0.569. The van der Waals surface area contributed by atoms with Crippen LogP contribution in [0.15, 0.2) is 41.0 Å². The van der Waals surface area contributed by atoms with Gasteiger partial charge in [-0.3, -0.25) is 20.4 Å². The number of nitrogens with one attached hydrogen (secondary N) is 2. The first-order valence-corrected chi connectivity index (χ1v) is 7.71. The molecule has 0 aliphatic carbocycles. The number of aryl methyl sites for hydroxylation is 3. The third-order valence-electron chi connectivity index (χ3n) is 3.24. The highest BCUT2D eigenvalue weighted by Gasteiger charge is 2.11. The number of aromatic nitrogens is 1. The van der Waals surface area contributed by atoms with Crippen molar-refractivity contribution in [1.29, 1.82) is 0 Å². The van der Waals surface area contributed by atoms with E-state index < -0.39 is 0 Å². The minimum absolute atomic E-state index is 0.219. The van der Waals surface area contributed by atoms with Crippen LogP contribution in [0.4, 0.5) is 0 Å². The van der Waals surface area contributed by atoms with Crippen molar-refractivity contribution in [2.75, 3.05) is 0 Å². The summed E-state index contributed by atoms with van der Waals surface area (Å²) in [5.41, 5.74) is 7.59. The SMILES string of the molecule is Cc1cccc(CCC(=O)NNC(=O)c2cc(Br)cn2C)c1. The molecular weight excluding hydrogens is 346 g/mol. The van der Waals surface area contributed by atoms with E-state index in [0.717, 1.165) is 10.0 Å². The van der Waals surface area contributed by atoms with Crippen LogP contribution < -0.4 is 10.9 Å². The van der Waals surface area contributed by atoms with Gasteiger partial charge in [-0.15, -0.1) is 0 Å². The van der Waals surface area contributed by atoms with Gasteiger partial charge in [0.15, 0.2) is 0 Å². The molecule has 1 aromatic carbocycles. The van der Waals surface area contributed by atoms with Gasteiger partial charge in [-0.05, 0) is 40.9 Å². The number of amides is 2. The average molecular weight is 364 g/mol. The van der Waals surface area contributed by atoms with Gasteiger partial charge in [0.2, 0.25) is 5.91 Å². The molecule has 1 heterocycles. The second-order valence-electron chi connectivity index (χ2n) is 5.15. The van der Waals surface area contributed by atoms with Crippen LogP contribution in [-0.2, 0) is 18.3 Å². The van der Waals surface area contributed by atoms with Crippen molar-refractivity contribution >= 4 is 27.7 Å². The zero-order valence-corrected chi connectivity index (χ0v) is 14.1. The summed E-state index contributed by atoms with van der Waals surface area (Å²) >= 11 is 3.30. The molecule has 0 radical (unpaired) electrons. The van der Waals surface area contributed by atoms with Crippen LogP contribution in [0.25, 0.3) is 0 Å². The summed E-state index contributed by atoms with van der Waals surface area (Å²) < 4.78 is 2.49. The fourth-order valence-corrected chi connectivity index (χ4v) is 2.65. The molecule has 0 unspecified atom stereocenters. The van der Waals surface area contributed by atoms with Crippen LogP contribution in [0.5, 0.6) is 0 Å². The smallest absolute Gasteiger partial charge is 0.286 e. The molecule has 0 aliphatic rings. The van der Waals surface area contributed by atoms with Gasteiger partial charge < -0.3 is 4.57 Å². The van der Waals surface area contributed by atoms with Crippen LogP contribution >= 0.6 is 15.9 Å². The lowest BCUT2D eigenvalue weighted by Crippen LogP contribution is -2.42. The number of nitrogens with zero attached hydrogens (tertiary/aromatic N) is 1. The normalized spacial score (nSPS) is 10.3. The Morgan fingerprint density at radius 3 is 2.64 bits per heavy atom. The first-order valence-electron chi connectivity index (χ1n) is 6.92. The molecule has 0 bridgehead atoms. The van der Waals surface area contributed by atoms with Gasteiger partial charge in [0.25, 0.3) is 5.91 Å². The van der Waals surface area contributed by atoms with Gasteiger partial charge in [0.05, 0.1) is 0 Å². The van der Waals surface area contributed by atoms with Crippen LogP contribution in [0.1, 0.15) is 28.0 Å². The fourth-order valence-electron chi connectivity index (χ4n) is 2.13. The summed E-state index contributed by atoms with van der Waals surface area (Å²) in [7, 11) is 1.76. The highest BCUT2D eigenvalue weighted by atomic mass is 79.9. The van der Waals surface area contributed by atoms with Crippen LogP contribution in [0.3, 0.4) is 0 Å². The molecule has 6 heteroatoms. The van der Waals surface area contributed by atoms with Crippen LogP contribution in [0, 0.1) is 6.92 Å². The molecule has 1 aromatic heterocycles. The predicted octanol–water partition coefficient (Wildman–Crippen LogP) is 2.49. The first kappa shape index (κ1) is 16.3. The summed E-state index contributed by atoms with van der Waals surface area (Å²) in [6.45, 7) is 2.02. The summed E-state index contributed by atoms with van der Waals surface area (Å²) in [6.07, 6.45) is 2.73. The van der Waals surface area contributed by atoms with Crippen molar-refractivity contribution in [3.05, 3.63) is 57.8 Å². The molecule has 0 atom stereocenters. The van der Waals surface area contributed by atoms with Gasteiger partial charge in [-0.1, -0.05) is 29.8 Å². The zero-order valence-electron chi connectivity index (χ0n) is 12.5. The van der Waals surface area contributed by atoms with Crippen molar-refractivity contribution in [3.8, 4) is 0 Å². The average Bonchev–Trinajstić information content (AvgIpc) is 2.81. The van der Waals surface area contributed by atoms with Crippen molar-refractivity contribution in [3.63, 3.8) is 0 Å². The number of carbonyl (C=O) groups excluding carboxylic acids is 2. The lowest BCUT2D eigenvalue weighted by atomic mass is 10.1. The number of halogens is 1. The van der Waals surface area contributed by atoms with E-state index in [1.165, 1.54) is 5.56 Å². The zero-order chi connectivity index (χ0) is 16.1. The van der Waals surface area contributed by atoms with E-state index in [-0.39, 0.29) is 11.8 Å². The fraction of sp³-hybridized carbons (Fsp3) is 0.250. The third kappa shape index (κ3) is 4.46. The molecular formula is C16H18BrN3O2. The molecule has 116 valence electrons. The van der Waals surface area contributed by atoms with E-state index in [1.807, 2.05) is 31.2 Å². The summed E-state index contributed by atoms with van der Waals surface area (Å²) in [5, 5.41) is 0. The van der Waals surface area contributed by atoms with E-state index in [9.17, 15) is 9.59 Å². The molecule has 2 aromatic rings. The van der Waals surface area contributed by atoms with Gasteiger partial charge >= 0.3 is 0 Å². The molecule has 0 aliphatic heterocycles. The van der Waals surface area contributed by atoms with E-state index >= 15 is 0 Å². The first-order chi connectivity index (χ1) is 10.5. The maximum absolute atomic E-state index is 11.9.